The molecule has 0 radical (unpaired) electrons. The van der Waals surface area contributed by atoms with Crippen LogP contribution in [0.4, 0.5) is 5.82 Å². The molecule has 3 N–H and O–H groups in total. The number of rotatable bonds is 3. The van der Waals surface area contributed by atoms with Gasteiger partial charge in [0.25, 0.3) is 0 Å². The number of nitrogens with two attached hydrogens (primary N) is 1. The van der Waals surface area contributed by atoms with Crippen molar-refractivity contribution in [3.63, 3.8) is 0 Å². The first-order valence-corrected chi connectivity index (χ1v) is 4.47. The number of hydrogen-bond acceptors (Lipinski definition) is 5. The van der Waals surface area contributed by atoms with E-state index in [-0.39, 0.29) is 5.95 Å². The lowest BCUT2D eigenvalue weighted by atomic mass is 10.2. The molecule has 0 fully saturated rings. The Labute approximate surface area is 86.7 Å². The molecule has 5 heteroatoms. The first-order chi connectivity index (χ1) is 7.25. The van der Waals surface area contributed by atoms with E-state index in [1.807, 2.05) is 30.3 Å². The van der Waals surface area contributed by atoms with Crippen LogP contribution in [-0.2, 0) is 6.54 Å². The number of anilines is 1. The smallest absolute Gasteiger partial charge is 0.310 e. The number of hydrazine groups is 1. The Kier molecular flexibility index (Phi) is 2.55. The first-order valence-electron chi connectivity index (χ1n) is 4.47. The number of nitrogens with zero attached hydrogens (tertiary/aromatic N) is 2. The molecule has 0 saturated heterocycles. The highest BCUT2D eigenvalue weighted by Crippen LogP contribution is 2.17. The average molecular weight is 205 g/mol. The van der Waals surface area contributed by atoms with Gasteiger partial charge in [0.15, 0.2) is 5.82 Å². The van der Waals surface area contributed by atoms with Gasteiger partial charge < -0.3 is 9.63 Å². The van der Waals surface area contributed by atoms with Gasteiger partial charge in [-0.3, -0.25) is 5.01 Å². The lowest BCUT2D eigenvalue weighted by Gasteiger charge is -2.14. The quantitative estimate of drug-likeness (QED) is 0.582. The predicted octanol–water partition coefficient (Wildman–Crippen LogP) is 1.26. The third kappa shape index (κ3) is 2.26. The van der Waals surface area contributed by atoms with Crippen LogP contribution >= 0.6 is 0 Å². The Hall–Kier alpha value is -2.01. The van der Waals surface area contributed by atoms with Crippen LogP contribution in [0.15, 0.2) is 40.9 Å². The Bertz CT molecular complexity index is 427. The van der Waals surface area contributed by atoms with Gasteiger partial charge in [-0.2, -0.15) is 0 Å². The number of aromatic hydroxyl groups is 1. The molecule has 0 atom stereocenters. The molecular weight excluding hydrogens is 194 g/mol. The maximum Gasteiger partial charge on any atom is 0.310 e. The van der Waals surface area contributed by atoms with Crippen LogP contribution in [0.2, 0.25) is 0 Å². The molecule has 1 aromatic heterocycles. The van der Waals surface area contributed by atoms with Gasteiger partial charge in [-0.05, 0) is 5.56 Å². The van der Waals surface area contributed by atoms with Crippen LogP contribution < -0.4 is 10.9 Å². The summed E-state index contributed by atoms with van der Waals surface area (Å²) in [4.78, 5) is 0. The van der Waals surface area contributed by atoms with E-state index in [9.17, 15) is 0 Å². The molecular formula is C10H11N3O2. The summed E-state index contributed by atoms with van der Waals surface area (Å²) in [7, 11) is 0. The zero-order valence-corrected chi connectivity index (χ0v) is 8.00. The highest BCUT2D eigenvalue weighted by Gasteiger charge is 2.08. The fourth-order valence-electron chi connectivity index (χ4n) is 1.25. The molecule has 1 aromatic carbocycles. The van der Waals surface area contributed by atoms with Crippen LogP contribution in [0.3, 0.4) is 0 Å². The van der Waals surface area contributed by atoms with E-state index in [2.05, 4.69) is 9.68 Å². The first kappa shape index (κ1) is 9.54. The topological polar surface area (TPSA) is 75.5 Å². The van der Waals surface area contributed by atoms with Crippen molar-refractivity contribution in [2.24, 2.45) is 5.84 Å². The van der Waals surface area contributed by atoms with E-state index in [0.29, 0.717) is 12.4 Å². The van der Waals surface area contributed by atoms with Gasteiger partial charge in [0.05, 0.1) is 12.6 Å². The van der Waals surface area contributed by atoms with Crippen molar-refractivity contribution in [3.05, 3.63) is 42.0 Å². The van der Waals surface area contributed by atoms with Gasteiger partial charge >= 0.3 is 5.95 Å². The Morgan fingerprint density at radius 3 is 2.67 bits per heavy atom. The maximum atomic E-state index is 8.96. The molecule has 0 spiro atoms. The summed E-state index contributed by atoms with van der Waals surface area (Å²) in [5, 5.41) is 13.9. The van der Waals surface area contributed by atoms with Crippen molar-refractivity contribution >= 4 is 5.82 Å². The minimum absolute atomic E-state index is 0.242. The molecule has 0 aliphatic heterocycles. The fourth-order valence-corrected chi connectivity index (χ4v) is 1.25. The zero-order chi connectivity index (χ0) is 10.7. The van der Waals surface area contributed by atoms with Crippen molar-refractivity contribution in [2.75, 3.05) is 5.01 Å². The van der Waals surface area contributed by atoms with Crippen molar-refractivity contribution in [1.82, 2.24) is 5.16 Å². The highest BCUT2D eigenvalue weighted by molar-refractivity contribution is 5.38. The molecule has 0 amide bonds. The second-order valence-electron chi connectivity index (χ2n) is 3.14. The summed E-state index contributed by atoms with van der Waals surface area (Å²) in [5.41, 5.74) is 1.06. The van der Waals surface area contributed by atoms with Crippen molar-refractivity contribution < 1.29 is 9.63 Å². The van der Waals surface area contributed by atoms with E-state index in [0.717, 1.165) is 5.56 Å². The number of hydrogen-bond donors (Lipinski definition) is 2. The summed E-state index contributed by atoms with van der Waals surface area (Å²) in [6, 6.07) is 11.1. The molecule has 78 valence electrons. The maximum absolute atomic E-state index is 8.96. The molecule has 1 heterocycles. The normalized spacial score (nSPS) is 10.2. The molecule has 0 unspecified atom stereocenters. The summed E-state index contributed by atoms with van der Waals surface area (Å²) in [5.74, 6) is 5.90. The summed E-state index contributed by atoms with van der Waals surface area (Å²) >= 11 is 0. The molecule has 2 aromatic rings. The zero-order valence-electron chi connectivity index (χ0n) is 8.00. The predicted molar refractivity (Wildman–Crippen MR) is 55.0 cm³/mol. The summed E-state index contributed by atoms with van der Waals surface area (Å²) < 4.78 is 4.51. The van der Waals surface area contributed by atoms with Gasteiger partial charge in [-0.15, -0.1) is 0 Å². The molecule has 0 saturated carbocycles. The van der Waals surface area contributed by atoms with Crippen LogP contribution in [-0.4, -0.2) is 10.3 Å². The van der Waals surface area contributed by atoms with Crippen molar-refractivity contribution in [1.29, 1.82) is 0 Å². The molecule has 0 aliphatic carbocycles. The van der Waals surface area contributed by atoms with E-state index >= 15 is 0 Å². The van der Waals surface area contributed by atoms with E-state index in [1.165, 1.54) is 11.1 Å². The standard InChI is InChI=1S/C10H11N3O2/c11-13(9-6-10(14)15-12-9)7-8-4-2-1-3-5-8/h1-6,14H,7,11H2. The molecule has 0 aliphatic rings. The van der Waals surface area contributed by atoms with Crippen LogP contribution in [0.25, 0.3) is 0 Å². The average Bonchev–Trinajstić information content (AvgIpc) is 2.66. The highest BCUT2D eigenvalue weighted by atomic mass is 16.5. The minimum Gasteiger partial charge on any atom is -0.479 e. The van der Waals surface area contributed by atoms with Crippen LogP contribution in [0, 0.1) is 0 Å². The van der Waals surface area contributed by atoms with Gasteiger partial charge in [-0.1, -0.05) is 35.5 Å². The van der Waals surface area contributed by atoms with E-state index < -0.39 is 0 Å². The van der Waals surface area contributed by atoms with Crippen LogP contribution in [0.5, 0.6) is 5.95 Å². The third-order valence-corrected chi connectivity index (χ3v) is 1.98. The number of benzene rings is 1. The van der Waals surface area contributed by atoms with E-state index in [1.54, 1.807) is 0 Å². The summed E-state index contributed by atoms with van der Waals surface area (Å²) in [6.45, 7) is 0.507. The van der Waals surface area contributed by atoms with Gasteiger partial charge in [0.2, 0.25) is 0 Å². The van der Waals surface area contributed by atoms with E-state index in [4.69, 9.17) is 10.9 Å². The van der Waals surface area contributed by atoms with Gasteiger partial charge in [-0.25, -0.2) is 5.84 Å². The lowest BCUT2D eigenvalue weighted by Crippen LogP contribution is -2.30. The summed E-state index contributed by atoms with van der Waals surface area (Å²) in [6.07, 6.45) is 0. The fraction of sp³-hybridized carbons (Fsp3) is 0.100. The van der Waals surface area contributed by atoms with Gasteiger partial charge in [0.1, 0.15) is 0 Å². The minimum atomic E-state index is -0.242. The SMILES string of the molecule is NN(Cc1ccccc1)c1cc(O)on1. The Balaban J connectivity index is 2.07. The Morgan fingerprint density at radius 2 is 2.07 bits per heavy atom. The molecule has 2 rings (SSSR count). The third-order valence-electron chi connectivity index (χ3n) is 1.98. The number of aromatic nitrogens is 1. The lowest BCUT2D eigenvalue weighted by molar-refractivity contribution is 0.278. The van der Waals surface area contributed by atoms with Crippen molar-refractivity contribution in [3.8, 4) is 5.95 Å². The van der Waals surface area contributed by atoms with Gasteiger partial charge in [0, 0.05) is 0 Å². The van der Waals surface area contributed by atoms with Crippen LogP contribution in [0.1, 0.15) is 5.56 Å². The second kappa shape index (κ2) is 4.02. The largest absolute Gasteiger partial charge is 0.479 e. The monoisotopic (exact) mass is 205 g/mol. The molecule has 15 heavy (non-hydrogen) atoms. The second-order valence-corrected chi connectivity index (χ2v) is 3.14. The molecule has 5 nitrogen and oxygen atoms in total. The van der Waals surface area contributed by atoms with Crippen molar-refractivity contribution in [2.45, 2.75) is 6.54 Å². The Morgan fingerprint density at radius 1 is 1.33 bits per heavy atom. The molecule has 0 bridgehead atoms.